The van der Waals surface area contributed by atoms with Crippen LogP contribution in [0, 0.1) is 0 Å². The van der Waals surface area contributed by atoms with Crippen molar-refractivity contribution in [3.05, 3.63) is 70.5 Å². The van der Waals surface area contributed by atoms with Gasteiger partial charge in [-0.15, -0.1) is 0 Å². The average Bonchev–Trinajstić information content (AvgIpc) is 2.69. The van der Waals surface area contributed by atoms with Crippen LogP contribution in [0.15, 0.2) is 59.4 Å². The van der Waals surface area contributed by atoms with E-state index in [9.17, 15) is 9.59 Å². The Morgan fingerprint density at radius 1 is 1.04 bits per heavy atom. The van der Waals surface area contributed by atoms with E-state index in [1.165, 1.54) is 4.57 Å². The van der Waals surface area contributed by atoms with Crippen LogP contribution in [0.1, 0.15) is 36.5 Å². The van der Waals surface area contributed by atoms with Crippen LogP contribution in [-0.2, 0) is 7.05 Å². The van der Waals surface area contributed by atoms with Gasteiger partial charge in [0, 0.05) is 18.1 Å². The molecule has 5 heteroatoms. The van der Waals surface area contributed by atoms with Gasteiger partial charge in [0.2, 0.25) is 0 Å². The molecule has 2 aromatic carbocycles. The van der Waals surface area contributed by atoms with E-state index in [1.54, 1.807) is 19.2 Å². The van der Waals surface area contributed by atoms with Gasteiger partial charge in [0.15, 0.2) is 0 Å². The van der Waals surface area contributed by atoms with E-state index in [4.69, 9.17) is 4.74 Å². The highest BCUT2D eigenvalue weighted by atomic mass is 16.5. The number of carbonyl (C=O) groups excluding carboxylic acids is 1. The normalized spacial score (nSPS) is 10.7. The smallest absolute Gasteiger partial charge is 0.267 e. The van der Waals surface area contributed by atoms with Gasteiger partial charge in [0.05, 0.1) is 12.1 Å². The standard InChI is InChI=1S/C22H24N2O3/c1-3-4-10-15-27-20-17-13-8-9-14-18(17)24(2)22(26)19(20)21(25)23-16-11-6-5-7-12-16/h5-9,11-14H,3-4,10,15H2,1-2H3,(H,23,25). The molecule has 0 spiro atoms. The highest BCUT2D eigenvalue weighted by molar-refractivity contribution is 6.09. The van der Waals surface area contributed by atoms with Crippen LogP contribution < -0.4 is 15.6 Å². The van der Waals surface area contributed by atoms with Gasteiger partial charge in [0.25, 0.3) is 11.5 Å². The first kappa shape index (κ1) is 18.7. The van der Waals surface area contributed by atoms with Gasteiger partial charge in [-0.1, -0.05) is 50.1 Å². The van der Waals surface area contributed by atoms with Crippen LogP contribution >= 0.6 is 0 Å². The number of rotatable bonds is 7. The summed E-state index contributed by atoms with van der Waals surface area (Å²) in [7, 11) is 1.67. The Bertz CT molecular complexity index is 994. The van der Waals surface area contributed by atoms with E-state index in [2.05, 4.69) is 12.2 Å². The minimum Gasteiger partial charge on any atom is -0.492 e. The number of nitrogens with one attached hydrogen (secondary N) is 1. The maximum atomic E-state index is 12.9. The second-order valence-corrected chi connectivity index (χ2v) is 6.46. The number of ether oxygens (including phenoxy) is 1. The predicted molar refractivity (Wildman–Crippen MR) is 109 cm³/mol. The topological polar surface area (TPSA) is 60.3 Å². The zero-order chi connectivity index (χ0) is 19.2. The zero-order valence-corrected chi connectivity index (χ0v) is 15.7. The van der Waals surface area contributed by atoms with E-state index < -0.39 is 5.91 Å². The summed E-state index contributed by atoms with van der Waals surface area (Å²) < 4.78 is 7.47. The van der Waals surface area contributed by atoms with E-state index in [0.717, 1.165) is 30.2 Å². The van der Waals surface area contributed by atoms with Crippen LogP contribution in [0.2, 0.25) is 0 Å². The number of hydrogen-bond donors (Lipinski definition) is 1. The minimum absolute atomic E-state index is 0.0385. The van der Waals surface area contributed by atoms with Crippen LogP contribution in [-0.4, -0.2) is 17.1 Å². The molecule has 3 aromatic rings. The maximum Gasteiger partial charge on any atom is 0.267 e. The Kier molecular flexibility index (Phi) is 5.91. The van der Waals surface area contributed by atoms with Gasteiger partial charge in [-0.05, 0) is 30.7 Å². The summed E-state index contributed by atoms with van der Waals surface area (Å²) >= 11 is 0. The average molecular weight is 364 g/mol. The number of para-hydroxylation sites is 2. The summed E-state index contributed by atoms with van der Waals surface area (Å²) in [4.78, 5) is 25.9. The molecule has 27 heavy (non-hydrogen) atoms. The number of benzene rings is 2. The number of aryl methyl sites for hydroxylation is 1. The number of pyridine rings is 1. The van der Waals surface area contributed by atoms with E-state index in [0.29, 0.717) is 18.0 Å². The summed E-state index contributed by atoms with van der Waals surface area (Å²) in [6.45, 7) is 2.59. The van der Waals surface area contributed by atoms with Crippen molar-refractivity contribution in [2.45, 2.75) is 26.2 Å². The molecule has 0 fully saturated rings. The molecule has 1 heterocycles. The minimum atomic E-state index is -0.460. The third-order valence-corrected chi connectivity index (χ3v) is 4.51. The van der Waals surface area contributed by atoms with Crippen LogP contribution in [0.4, 0.5) is 5.69 Å². The molecule has 0 aliphatic rings. The molecule has 0 unspecified atom stereocenters. The quantitative estimate of drug-likeness (QED) is 0.634. The molecule has 140 valence electrons. The van der Waals surface area contributed by atoms with Crippen molar-refractivity contribution < 1.29 is 9.53 Å². The number of nitrogens with zero attached hydrogens (tertiary/aromatic N) is 1. The number of aromatic nitrogens is 1. The molecule has 0 radical (unpaired) electrons. The van der Waals surface area contributed by atoms with Gasteiger partial charge in [-0.2, -0.15) is 0 Å². The molecule has 0 aliphatic heterocycles. The van der Waals surface area contributed by atoms with Crippen LogP contribution in [0.25, 0.3) is 10.9 Å². The summed E-state index contributed by atoms with van der Waals surface area (Å²) in [5.41, 5.74) is 1.04. The fourth-order valence-electron chi connectivity index (χ4n) is 3.06. The summed E-state index contributed by atoms with van der Waals surface area (Å²) in [5.74, 6) is -0.101. The van der Waals surface area contributed by atoms with Gasteiger partial charge in [-0.25, -0.2) is 0 Å². The molecule has 0 aliphatic carbocycles. The lowest BCUT2D eigenvalue weighted by Gasteiger charge is -2.16. The van der Waals surface area contributed by atoms with Gasteiger partial charge < -0.3 is 14.6 Å². The first-order valence-corrected chi connectivity index (χ1v) is 9.24. The summed E-state index contributed by atoms with van der Waals surface area (Å²) in [6, 6.07) is 16.6. The van der Waals surface area contributed by atoms with Crippen molar-refractivity contribution in [1.29, 1.82) is 0 Å². The van der Waals surface area contributed by atoms with Gasteiger partial charge in [0.1, 0.15) is 11.3 Å². The van der Waals surface area contributed by atoms with Crippen molar-refractivity contribution in [3.63, 3.8) is 0 Å². The van der Waals surface area contributed by atoms with Crippen molar-refractivity contribution in [3.8, 4) is 5.75 Å². The molecule has 1 N–H and O–H groups in total. The number of amides is 1. The van der Waals surface area contributed by atoms with Crippen molar-refractivity contribution >= 4 is 22.5 Å². The molecule has 1 amide bonds. The molecule has 0 saturated carbocycles. The molecule has 5 nitrogen and oxygen atoms in total. The number of hydrogen-bond acceptors (Lipinski definition) is 3. The van der Waals surface area contributed by atoms with Gasteiger partial charge in [-0.3, -0.25) is 9.59 Å². The first-order valence-electron chi connectivity index (χ1n) is 9.24. The van der Waals surface area contributed by atoms with E-state index in [1.807, 2.05) is 42.5 Å². The molecule has 1 aromatic heterocycles. The number of unbranched alkanes of at least 4 members (excludes halogenated alkanes) is 2. The lowest BCUT2D eigenvalue weighted by molar-refractivity contribution is 0.102. The fourth-order valence-corrected chi connectivity index (χ4v) is 3.06. The molecule has 0 bridgehead atoms. The van der Waals surface area contributed by atoms with Gasteiger partial charge >= 0.3 is 0 Å². The zero-order valence-electron chi connectivity index (χ0n) is 15.7. The third kappa shape index (κ3) is 4.03. The lowest BCUT2D eigenvalue weighted by atomic mass is 10.1. The SMILES string of the molecule is CCCCCOc1c(C(=O)Nc2ccccc2)c(=O)n(C)c2ccccc12. The molecule has 0 saturated heterocycles. The first-order chi connectivity index (χ1) is 13.1. The number of carbonyl (C=O) groups is 1. The Morgan fingerprint density at radius 2 is 1.74 bits per heavy atom. The molecule has 3 rings (SSSR count). The Balaban J connectivity index is 2.07. The number of fused-ring (bicyclic) bond motifs is 1. The van der Waals surface area contributed by atoms with Crippen molar-refractivity contribution in [2.75, 3.05) is 11.9 Å². The molecular formula is C22H24N2O3. The summed E-state index contributed by atoms with van der Waals surface area (Å²) in [5, 5.41) is 3.56. The monoisotopic (exact) mass is 364 g/mol. The second-order valence-electron chi connectivity index (χ2n) is 6.46. The number of anilines is 1. The predicted octanol–water partition coefficient (Wildman–Crippen LogP) is 4.36. The highest BCUT2D eigenvalue weighted by Crippen LogP contribution is 2.28. The summed E-state index contributed by atoms with van der Waals surface area (Å²) in [6.07, 6.45) is 2.98. The Labute approximate surface area is 158 Å². The largest absolute Gasteiger partial charge is 0.492 e. The molecular weight excluding hydrogens is 340 g/mol. The Hall–Kier alpha value is -3.08. The third-order valence-electron chi connectivity index (χ3n) is 4.51. The van der Waals surface area contributed by atoms with E-state index in [-0.39, 0.29) is 11.1 Å². The van der Waals surface area contributed by atoms with E-state index >= 15 is 0 Å². The maximum absolute atomic E-state index is 12.9. The van der Waals surface area contributed by atoms with Crippen molar-refractivity contribution in [2.24, 2.45) is 7.05 Å². The van der Waals surface area contributed by atoms with Crippen LogP contribution in [0.3, 0.4) is 0 Å². The van der Waals surface area contributed by atoms with Crippen molar-refractivity contribution in [1.82, 2.24) is 4.57 Å². The second kappa shape index (κ2) is 8.54. The fraction of sp³-hybridized carbons (Fsp3) is 0.273. The van der Waals surface area contributed by atoms with Crippen LogP contribution in [0.5, 0.6) is 5.75 Å². The Morgan fingerprint density at radius 3 is 2.48 bits per heavy atom. The molecule has 0 atom stereocenters. The highest BCUT2D eigenvalue weighted by Gasteiger charge is 2.22. The lowest BCUT2D eigenvalue weighted by Crippen LogP contribution is -2.29.